The molecule has 1 fully saturated rings. The van der Waals surface area contributed by atoms with Crippen LogP contribution in [0.2, 0.25) is 0 Å². The van der Waals surface area contributed by atoms with E-state index in [1.165, 1.54) is 10.9 Å². The Morgan fingerprint density at radius 3 is 2.38 bits per heavy atom. The molecular formula is C32H42N4O4. The fourth-order valence-corrected chi connectivity index (χ4v) is 5.31. The van der Waals surface area contributed by atoms with E-state index >= 15 is 0 Å². The van der Waals surface area contributed by atoms with Gasteiger partial charge in [0.05, 0.1) is 0 Å². The van der Waals surface area contributed by atoms with E-state index in [4.69, 9.17) is 4.74 Å². The van der Waals surface area contributed by atoms with Crippen molar-refractivity contribution in [3.05, 3.63) is 71.9 Å². The first-order chi connectivity index (χ1) is 19.2. The molecule has 0 saturated heterocycles. The summed E-state index contributed by atoms with van der Waals surface area (Å²) in [5, 5.41) is 10.1. The van der Waals surface area contributed by atoms with Crippen LogP contribution in [0.3, 0.4) is 0 Å². The lowest BCUT2D eigenvalue weighted by atomic mass is 9.81. The second-order valence-corrected chi connectivity index (χ2v) is 11.8. The van der Waals surface area contributed by atoms with Gasteiger partial charge in [-0.05, 0) is 76.0 Å². The zero-order valence-electron chi connectivity index (χ0n) is 23.8. The summed E-state index contributed by atoms with van der Waals surface area (Å²) in [5.74, 6) is 0.200. The average molecular weight is 547 g/mol. The number of hydrogen-bond acceptors (Lipinski definition) is 4. The third kappa shape index (κ3) is 8.60. The van der Waals surface area contributed by atoms with Gasteiger partial charge in [-0.2, -0.15) is 0 Å². The van der Waals surface area contributed by atoms with Gasteiger partial charge >= 0.3 is 6.09 Å². The monoisotopic (exact) mass is 546 g/mol. The number of ether oxygens (including phenoxy) is 1. The highest BCUT2D eigenvalue weighted by Crippen LogP contribution is 2.28. The van der Waals surface area contributed by atoms with Crippen molar-refractivity contribution in [2.45, 2.75) is 70.9 Å². The van der Waals surface area contributed by atoms with Gasteiger partial charge in [0.25, 0.3) is 0 Å². The first kappa shape index (κ1) is 29.2. The number of amides is 3. The molecule has 0 aliphatic heterocycles. The highest BCUT2D eigenvalue weighted by molar-refractivity contribution is 5.86. The number of nitrogens with one attached hydrogen (secondary N) is 4. The summed E-state index contributed by atoms with van der Waals surface area (Å²) in [4.78, 5) is 41.6. The maximum absolute atomic E-state index is 13.1. The second-order valence-electron chi connectivity index (χ2n) is 11.8. The maximum Gasteiger partial charge on any atom is 0.408 e. The van der Waals surface area contributed by atoms with Crippen molar-refractivity contribution in [1.29, 1.82) is 0 Å². The third-order valence-corrected chi connectivity index (χ3v) is 7.44. The summed E-state index contributed by atoms with van der Waals surface area (Å²) >= 11 is 0. The molecule has 1 saturated carbocycles. The Bertz CT molecular complexity index is 1270. The minimum Gasteiger partial charge on any atom is -0.444 e. The Morgan fingerprint density at radius 2 is 1.65 bits per heavy atom. The van der Waals surface area contributed by atoms with Gasteiger partial charge in [0.15, 0.2) is 0 Å². The van der Waals surface area contributed by atoms with E-state index in [1.807, 2.05) is 48.7 Å². The van der Waals surface area contributed by atoms with Crippen LogP contribution >= 0.6 is 0 Å². The lowest BCUT2D eigenvalue weighted by molar-refractivity contribution is -0.126. The number of alkyl carbamates (subject to hydrolysis) is 1. The minimum atomic E-state index is -0.739. The highest BCUT2D eigenvalue weighted by atomic mass is 16.6. The molecule has 1 aromatic heterocycles. The van der Waals surface area contributed by atoms with E-state index in [9.17, 15) is 14.4 Å². The van der Waals surface area contributed by atoms with Gasteiger partial charge in [-0.3, -0.25) is 9.59 Å². The van der Waals surface area contributed by atoms with Crippen molar-refractivity contribution < 1.29 is 19.1 Å². The zero-order valence-corrected chi connectivity index (χ0v) is 23.8. The van der Waals surface area contributed by atoms with Crippen LogP contribution in [0, 0.1) is 11.8 Å². The largest absolute Gasteiger partial charge is 0.444 e. The van der Waals surface area contributed by atoms with Gasteiger partial charge in [-0.1, -0.05) is 48.5 Å². The highest BCUT2D eigenvalue weighted by Gasteiger charge is 2.28. The number of carbonyl (C=O) groups is 3. The zero-order chi connectivity index (χ0) is 28.5. The predicted octanol–water partition coefficient (Wildman–Crippen LogP) is 4.89. The Morgan fingerprint density at radius 1 is 0.950 bits per heavy atom. The fraction of sp³-hybridized carbons (Fsp3) is 0.469. The van der Waals surface area contributed by atoms with E-state index < -0.39 is 17.7 Å². The number of aromatic amines is 1. The first-order valence-corrected chi connectivity index (χ1v) is 14.3. The molecule has 214 valence electrons. The van der Waals surface area contributed by atoms with Crippen LogP contribution in [0.4, 0.5) is 4.79 Å². The summed E-state index contributed by atoms with van der Waals surface area (Å²) in [6.07, 6.45) is 5.94. The standard InChI is InChI=1S/C32H42N4O4/c1-32(2,3)40-31(39)36-28(19-22-9-5-4-6-10-22)30(38)35-20-23-13-15-24(16-14-23)29(37)33-18-17-25-21-34-27-12-8-7-11-26(25)27/h4-12,21,23-24,28,34H,13-20H2,1-3H3,(H,33,37)(H,35,38)(H,36,39). The molecule has 0 radical (unpaired) electrons. The van der Waals surface area contributed by atoms with Crippen molar-refractivity contribution >= 4 is 28.8 Å². The lowest BCUT2D eigenvalue weighted by Crippen LogP contribution is -2.50. The minimum absolute atomic E-state index is 0.00887. The molecule has 40 heavy (non-hydrogen) atoms. The number of H-pyrrole nitrogens is 1. The van der Waals surface area contributed by atoms with Gasteiger partial charge < -0.3 is 25.7 Å². The molecule has 8 heteroatoms. The molecule has 3 aromatic rings. The van der Waals surface area contributed by atoms with Crippen LogP contribution in [0.25, 0.3) is 10.9 Å². The summed E-state index contributed by atoms with van der Waals surface area (Å²) < 4.78 is 5.38. The van der Waals surface area contributed by atoms with Crippen molar-refractivity contribution in [3.63, 3.8) is 0 Å². The van der Waals surface area contributed by atoms with Gasteiger partial charge in [-0.15, -0.1) is 0 Å². The Balaban J connectivity index is 1.21. The number of para-hydroxylation sites is 1. The number of hydrogen-bond donors (Lipinski definition) is 4. The van der Waals surface area contributed by atoms with Crippen LogP contribution < -0.4 is 16.0 Å². The van der Waals surface area contributed by atoms with E-state index in [-0.39, 0.29) is 17.7 Å². The first-order valence-electron chi connectivity index (χ1n) is 14.3. The summed E-state index contributed by atoms with van der Waals surface area (Å²) in [7, 11) is 0. The molecule has 1 heterocycles. The molecule has 0 spiro atoms. The van der Waals surface area contributed by atoms with Crippen LogP contribution in [-0.2, 0) is 27.2 Å². The van der Waals surface area contributed by atoms with Crippen molar-refractivity contribution in [1.82, 2.24) is 20.9 Å². The number of rotatable bonds is 10. The third-order valence-electron chi connectivity index (χ3n) is 7.44. The number of aromatic nitrogens is 1. The van der Waals surface area contributed by atoms with Gasteiger partial charge in [0.2, 0.25) is 11.8 Å². The average Bonchev–Trinajstić information content (AvgIpc) is 3.34. The molecule has 1 atom stereocenters. The second kappa shape index (κ2) is 13.5. The van der Waals surface area contributed by atoms with Crippen LogP contribution in [0.5, 0.6) is 0 Å². The van der Waals surface area contributed by atoms with Crippen molar-refractivity contribution in [2.75, 3.05) is 13.1 Å². The van der Waals surface area contributed by atoms with Crippen molar-refractivity contribution in [2.24, 2.45) is 11.8 Å². The molecule has 4 N–H and O–H groups in total. The normalized spacial score (nSPS) is 18.1. The van der Waals surface area contributed by atoms with E-state index in [0.717, 1.165) is 43.2 Å². The van der Waals surface area contributed by atoms with Crippen LogP contribution in [0.1, 0.15) is 57.6 Å². The number of carbonyl (C=O) groups excluding carboxylic acids is 3. The Kier molecular flexibility index (Phi) is 9.85. The van der Waals surface area contributed by atoms with Crippen LogP contribution in [0.15, 0.2) is 60.8 Å². The predicted molar refractivity (Wildman–Crippen MR) is 157 cm³/mol. The summed E-state index contributed by atoms with van der Waals surface area (Å²) in [6.45, 7) is 6.51. The Hall–Kier alpha value is -3.81. The van der Waals surface area contributed by atoms with Gasteiger partial charge in [-0.25, -0.2) is 4.79 Å². The molecule has 0 bridgehead atoms. The fourth-order valence-electron chi connectivity index (χ4n) is 5.31. The van der Waals surface area contributed by atoms with Gasteiger partial charge in [0, 0.05) is 42.5 Å². The summed E-state index contributed by atoms with van der Waals surface area (Å²) in [6, 6.07) is 17.1. The van der Waals surface area contributed by atoms with Crippen LogP contribution in [-0.4, -0.2) is 47.6 Å². The topological polar surface area (TPSA) is 112 Å². The number of fused-ring (bicyclic) bond motifs is 1. The van der Waals surface area contributed by atoms with E-state index in [2.05, 4.69) is 33.1 Å². The summed E-state index contributed by atoms with van der Waals surface area (Å²) in [5.41, 5.74) is 2.62. The number of benzene rings is 2. The lowest BCUT2D eigenvalue weighted by Gasteiger charge is -2.29. The Labute approximate surface area is 236 Å². The smallest absolute Gasteiger partial charge is 0.408 e. The quantitative estimate of drug-likeness (QED) is 0.290. The van der Waals surface area contributed by atoms with Crippen molar-refractivity contribution in [3.8, 4) is 0 Å². The molecular weight excluding hydrogens is 504 g/mol. The molecule has 8 nitrogen and oxygen atoms in total. The molecule has 4 rings (SSSR count). The molecule has 1 aliphatic rings. The van der Waals surface area contributed by atoms with E-state index in [0.29, 0.717) is 25.4 Å². The van der Waals surface area contributed by atoms with E-state index in [1.54, 1.807) is 20.8 Å². The molecule has 1 aliphatic carbocycles. The van der Waals surface area contributed by atoms with Gasteiger partial charge in [0.1, 0.15) is 11.6 Å². The molecule has 1 unspecified atom stereocenters. The molecule has 2 aromatic carbocycles. The molecule has 3 amide bonds. The SMILES string of the molecule is CC(C)(C)OC(=O)NC(Cc1ccccc1)C(=O)NCC1CCC(C(=O)NCCc2c[nH]c3ccccc23)CC1. The maximum atomic E-state index is 13.1.